The first-order valence-corrected chi connectivity index (χ1v) is 8.06. The number of ether oxygens (including phenoxy) is 1. The van der Waals surface area contributed by atoms with E-state index in [2.05, 4.69) is 16.7 Å². The number of rotatable bonds is 3. The summed E-state index contributed by atoms with van der Waals surface area (Å²) in [6.45, 7) is 0.480. The van der Waals surface area contributed by atoms with Crippen LogP contribution in [0.5, 0.6) is 5.75 Å². The summed E-state index contributed by atoms with van der Waals surface area (Å²) in [4.78, 5) is 12.1. The number of carbonyl (C=O) groups is 1. The van der Waals surface area contributed by atoms with Crippen LogP contribution >= 0.6 is 0 Å². The van der Waals surface area contributed by atoms with Crippen LogP contribution in [0.15, 0.2) is 66.7 Å². The second-order valence-electron chi connectivity index (χ2n) is 5.95. The third-order valence-electron chi connectivity index (χ3n) is 4.21. The SMILES string of the molecule is O=C(NCC1Cc2ccccc2O1)Nc1ccc2ccccc2c1. The zero-order valence-electron chi connectivity index (χ0n) is 13.2. The lowest BCUT2D eigenvalue weighted by molar-refractivity contribution is 0.219. The van der Waals surface area contributed by atoms with Gasteiger partial charge in [-0.2, -0.15) is 0 Å². The van der Waals surface area contributed by atoms with Crippen LogP contribution in [0, 0.1) is 0 Å². The Kier molecular flexibility index (Phi) is 3.79. The standard InChI is InChI=1S/C20H18N2O2/c23-20(21-13-18-12-16-7-3-4-8-19(16)24-18)22-17-10-9-14-5-1-2-6-15(14)11-17/h1-11,18H,12-13H2,(H2,21,22,23). The van der Waals surface area contributed by atoms with Crippen LogP contribution < -0.4 is 15.4 Å². The molecule has 120 valence electrons. The molecule has 1 aliphatic heterocycles. The molecule has 0 saturated carbocycles. The van der Waals surface area contributed by atoms with Gasteiger partial charge >= 0.3 is 6.03 Å². The minimum atomic E-state index is -0.218. The van der Waals surface area contributed by atoms with Crippen LogP contribution in [0.1, 0.15) is 5.56 Å². The van der Waals surface area contributed by atoms with Gasteiger partial charge in [-0.1, -0.05) is 48.5 Å². The molecule has 2 N–H and O–H groups in total. The molecule has 1 unspecified atom stereocenters. The first kappa shape index (κ1) is 14.6. The van der Waals surface area contributed by atoms with E-state index < -0.39 is 0 Å². The third-order valence-corrected chi connectivity index (χ3v) is 4.21. The van der Waals surface area contributed by atoms with Crippen molar-refractivity contribution in [3.05, 3.63) is 72.3 Å². The highest BCUT2D eigenvalue weighted by molar-refractivity contribution is 5.93. The number of para-hydroxylation sites is 1. The predicted octanol–water partition coefficient (Wildman–Crippen LogP) is 3.97. The number of nitrogens with one attached hydrogen (secondary N) is 2. The smallest absolute Gasteiger partial charge is 0.319 e. The van der Waals surface area contributed by atoms with Gasteiger partial charge in [0, 0.05) is 12.1 Å². The van der Waals surface area contributed by atoms with E-state index in [1.165, 1.54) is 5.56 Å². The highest BCUT2D eigenvalue weighted by Crippen LogP contribution is 2.27. The van der Waals surface area contributed by atoms with Crippen molar-refractivity contribution in [2.45, 2.75) is 12.5 Å². The Morgan fingerprint density at radius 3 is 2.67 bits per heavy atom. The van der Waals surface area contributed by atoms with Gasteiger partial charge in [-0.25, -0.2) is 4.79 Å². The van der Waals surface area contributed by atoms with E-state index in [0.717, 1.165) is 28.6 Å². The molecular formula is C20H18N2O2. The molecule has 0 aromatic heterocycles. The second kappa shape index (κ2) is 6.24. The highest BCUT2D eigenvalue weighted by Gasteiger charge is 2.22. The maximum atomic E-state index is 12.1. The molecule has 3 aromatic carbocycles. The Hall–Kier alpha value is -3.01. The monoisotopic (exact) mass is 318 g/mol. The molecule has 1 heterocycles. The topological polar surface area (TPSA) is 50.4 Å². The molecule has 24 heavy (non-hydrogen) atoms. The van der Waals surface area contributed by atoms with E-state index in [9.17, 15) is 4.79 Å². The van der Waals surface area contributed by atoms with Gasteiger partial charge in [-0.3, -0.25) is 0 Å². The number of amides is 2. The second-order valence-corrected chi connectivity index (χ2v) is 5.95. The van der Waals surface area contributed by atoms with E-state index in [-0.39, 0.29) is 12.1 Å². The van der Waals surface area contributed by atoms with Gasteiger partial charge in [-0.15, -0.1) is 0 Å². The molecule has 2 amide bonds. The van der Waals surface area contributed by atoms with Gasteiger partial charge < -0.3 is 15.4 Å². The van der Waals surface area contributed by atoms with Crippen LogP contribution in [-0.2, 0) is 6.42 Å². The van der Waals surface area contributed by atoms with Gasteiger partial charge in [-0.05, 0) is 34.5 Å². The molecule has 4 rings (SSSR count). The molecule has 0 radical (unpaired) electrons. The van der Waals surface area contributed by atoms with Gasteiger partial charge in [0.1, 0.15) is 11.9 Å². The van der Waals surface area contributed by atoms with Gasteiger partial charge in [0.05, 0.1) is 6.54 Å². The Labute approximate surface area is 140 Å². The van der Waals surface area contributed by atoms with Crippen molar-refractivity contribution >= 4 is 22.5 Å². The average molecular weight is 318 g/mol. The van der Waals surface area contributed by atoms with Crippen LogP contribution in [0.4, 0.5) is 10.5 Å². The molecular weight excluding hydrogens is 300 g/mol. The summed E-state index contributed by atoms with van der Waals surface area (Å²) in [5.41, 5.74) is 1.97. The summed E-state index contributed by atoms with van der Waals surface area (Å²) in [7, 11) is 0. The fourth-order valence-corrected chi connectivity index (χ4v) is 3.02. The normalized spacial score (nSPS) is 15.6. The summed E-state index contributed by atoms with van der Waals surface area (Å²) in [6.07, 6.45) is 0.816. The van der Waals surface area contributed by atoms with Crippen LogP contribution in [0.3, 0.4) is 0 Å². The number of urea groups is 1. The van der Waals surface area contributed by atoms with Crippen molar-refractivity contribution in [2.24, 2.45) is 0 Å². The van der Waals surface area contributed by atoms with Crippen LogP contribution in [0.25, 0.3) is 10.8 Å². The minimum Gasteiger partial charge on any atom is -0.488 e. The zero-order valence-corrected chi connectivity index (χ0v) is 13.2. The van der Waals surface area contributed by atoms with E-state index in [1.807, 2.05) is 60.7 Å². The van der Waals surface area contributed by atoms with Crippen LogP contribution in [-0.4, -0.2) is 18.7 Å². The van der Waals surface area contributed by atoms with Gasteiger partial charge in [0.25, 0.3) is 0 Å². The number of benzene rings is 3. The van der Waals surface area contributed by atoms with Crippen molar-refractivity contribution in [1.29, 1.82) is 0 Å². The number of hydrogen-bond acceptors (Lipinski definition) is 2. The average Bonchev–Trinajstić information content (AvgIpc) is 3.03. The van der Waals surface area contributed by atoms with Crippen molar-refractivity contribution in [2.75, 3.05) is 11.9 Å². The molecule has 4 nitrogen and oxygen atoms in total. The highest BCUT2D eigenvalue weighted by atomic mass is 16.5. The molecule has 1 atom stereocenters. The van der Waals surface area contributed by atoms with Crippen LogP contribution in [0.2, 0.25) is 0 Å². The summed E-state index contributed by atoms with van der Waals surface area (Å²) in [6, 6.07) is 21.7. The molecule has 0 saturated heterocycles. The lowest BCUT2D eigenvalue weighted by Gasteiger charge is -2.13. The minimum absolute atomic E-state index is 0.00949. The number of carbonyl (C=O) groups excluding carboxylic acids is 1. The van der Waals surface area contributed by atoms with E-state index >= 15 is 0 Å². The maximum absolute atomic E-state index is 12.1. The van der Waals surface area contributed by atoms with E-state index in [0.29, 0.717) is 6.54 Å². The Bertz CT molecular complexity index is 866. The van der Waals surface area contributed by atoms with Crippen molar-refractivity contribution in [3.8, 4) is 5.75 Å². The Balaban J connectivity index is 1.33. The Morgan fingerprint density at radius 2 is 1.79 bits per heavy atom. The number of hydrogen-bond donors (Lipinski definition) is 2. The molecule has 0 bridgehead atoms. The quantitative estimate of drug-likeness (QED) is 0.768. The fourth-order valence-electron chi connectivity index (χ4n) is 3.02. The summed E-state index contributed by atoms with van der Waals surface area (Å²) >= 11 is 0. The number of fused-ring (bicyclic) bond motifs is 2. The predicted molar refractivity (Wildman–Crippen MR) is 95.5 cm³/mol. The molecule has 0 fully saturated rings. The van der Waals surface area contributed by atoms with E-state index in [1.54, 1.807) is 0 Å². The molecule has 4 heteroatoms. The van der Waals surface area contributed by atoms with Gasteiger partial charge in [0.2, 0.25) is 0 Å². The van der Waals surface area contributed by atoms with Crippen molar-refractivity contribution in [1.82, 2.24) is 5.32 Å². The van der Waals surface area contributed by atoms with Crippen molar-refractivity contribution < 1.29 is 9.53 Å². The lowest BCUT2D eigenvalue weighted by atomic mass is 10.1. The summed E-state index contributed by atoms with van der Waals surface area (Å²) in [5, 5.41) is 8.01. The molecule has 0 aliphatic carbocycles. The summed E-state index contributed by atoms with van der Waals surface area (Å²) in [5.74, 6) is 0.916. The maximum Gasteiger partial charge on any atom is 0.319 e. The molecule has 0 spiro atoms. The Morgan fingerprint density at radius 1 is 1.00 bits per heavy atom. The number of anilines is 1. The molecule has 1 aliphatic rings. The fraction of sp³-hybridized carbons (Fsp3) is 0.150. The van der Waals surface area contributed by atoms with E-state index in [4.69, 9.17) is 4.74 Å². The summed E-state index contributed by atoms with van der Waals surface area (Å²) < 4.78 is 5.82. The first-order chi connectivity index (χ1) is 11.8. The lowest BCUT2D eigenvalue weighted by Crippen LogP contribution is -2.37. The largest absolute Gasteiger partial charge is 0.488 e. The van der Waals surface area contributed by atoms with Gasteiger partial charge in [0.15, 0.2) is 0 Å². The zero-order chi connectivity index (χ0) is 16.4. The first-order valence-electron chi connectivity index (χ1n) is 8.06. The molecule has 3 aromatic rings. The van der Waals surface area contributed by atoms with Crippen molar-refractivity contribution in [3.63, 3.8) is 0 Å². The third kappa shape index (κ3) is 3.04.